The van der Waals surface area contributed by atoms with Gasteiger partial charge in [0.05, 0.1) is 11.4 Å². The van der Waals surface area contributed by atoms with Crippen LogP contribution in [0.3, 0.4) is 0 Å². The third-order valence-corrected chi connectivity index (χ3v) is 4.07. The van der Waals surface area contributed by atoms with Gasteiger partial charge in [-0.25, -0.2) is 0 Å². The number of aryl methyl sites for hydroxylation is 1. The molecule has 8 nitrogen and oxygen atoms in total. The first-order valence-corrected chi connectivity index (χ1v) is 9.32. The van der Waals surface area contributed by atoms with Gasteiger partial charge in [0, 0.05) is 19.3 Å². The van der Waals surface area contributed by atoms with Crippen LogP contribution in [0.25, 0.3) is 0 Å². The molecule has 0 saturated carbocycles. The molecular formula is C13H27N5O3S. The van der Waals surface area contributed by atoms with Crippen LogP contribution < -0.4 is 5.73 Å². The van der Waals surface area contributed by atoms with Crippen molar-refractivity contribution in [1.82, 2.24) is 19.9 Å². The molecule has 0 bridgehead atoms. The van der Waals surface area contributed by atoms with Gasteiger partial charge < -0.3 is 5.73 Å². The number of nitrogens with two attached hydrogens (primary N) is 1. The fraction of sp³-hybridized carbons (Fsp3) is 0.846. The number of nitrogens with zero attached hydrogens (tertiary/aromatic N) is 4. The minimum absolute atomic E-state index is 0.210. The molecule has 0 aliphatic rings. The maximum atomic E-state index is 10.8. The average Bonchev–Trinajstić information content (AvgIpc) is 2.88. The number of hydrogen-bond donors (Lipinski definition) is 2. The van der Waals surface area contributed by atoms with E-state index in [1.165, 1.54) is 0 Å². The van der Waals surface area contributed by atoms with E-state index in [9.17, 15) is 8.42 Å². The highest BCUT2D eigenvalue weighted by atomic mass is 32.2. The van der Waals surface area contributed by atoms with Crippen molar-refractivity contribution in [2.75, 3.05) is 25.4 Å². The van der Waals surface area contributed by atoms with Crippen molar-refractivity contribution in [3.8, 4) is 0 Å². The van der Waals surface area contributed by atoms with E-state index in [4.69, 9.17) is 10.3 Å². The van der Waals surface area contributed by atoms with Crippen LogP contribution in [0.2, 0.25) is 0 Å². The smallest absolute Gasteiger partial charge is 0.264 e. The van der Waals surface area contributed by atoms with Crippen molar-refractivity contribution < 1.29 is 13.0 Å². The van der Waals surface area contributed by atoms with Crippen LogP contribution in [0.5, 0.6) is 0 Å². The van der Waals surface area contributed by atoms with Gasteiger partial charge in [0.25, 0.3) is 10.1 Å². The molecule has 0 amide bonds. The first kappa shape index (κ1) is 19.0. The monoisotopic (exact) mass is 333 g/mol. The van der Waals surface area contributed by atoms with Crippen LogP contribution in [-0.2, 0) is 23.2 Å². The summed E-state index contributed by atoms with van der Waals surface area (Å²) in [5.74, 6) is -0.210. The third-order valence-electron chi connectivity index (χ3n) is 3.27. The molecule has 128 valence electrons. The summed E-state index contributed by atoms with van der Waals surface area (Å²) in [5.41, 5.74) is 6.33. The number of rotatable bonds is 12. The minimum atomic E-state index is -3.89. The second kappa shape index (κ2) is 9.88. The molecule has 0 radical (unpaired) electrons. The fourth-order valence-electron chi connectivity index (χ4n) is 2.12. The predicted octanol–water partition coefficient (Wildman–Crippen LogP) is 0.507. The Hall–Kier alpha value is -1.03. The summed E-state index contributed by atoms with van der Waals surface area (Å²) in [6, 6.07) is 0. The van der Waals surface area contributed by atoms with E-state index in [2.05, 4.69) is 22.1 Å². The molecule has 0 unspecified atom stereocenters. The first-order valence-electron chi connectivity index (χ1n) is 7.71. The van der Waals surface area contributed by atoms with Crippen molar-refractivity contribution in [2.24, 2.45) is 5.73 Å². The van der Waals surface area contributed by atoms with E-state index < -0.39 is 10.1 Å². The van der Waals surface area contributed by atoms with E-state index in [1.807, 2.05) is 6.20 Å². The maximum absolute atomic E-state index is 10.8. The Balaban J connectivity index is 2.50. The summed E-state index contributed by atoms with van der Waals surface area (Å²) >= 11 is 0. The lowest BCUT2D eigenvalue weighted by molar-refractivity contribution is 0.258. The van der Waals surface area contributed by atoms with Gasteiger partial charge in [0.2, 0.25) is 0 Å². The Bertz CT molecular complexity index is 518. The van der Waals surface area contributed by atoms with Crippen LogP contribution in [0.4, 0.5) is 0 Å². The lowest BCUT2D eigenvalue weighted by Gasteiger charge is -2.20. The van der Waals surface area contributed by atoms with Gasteiger partial charge in [0.15, 0.2) is 0 Å². The third kappa shape index (κ3) is 8.42. The van der Waals surface area contributed by atoms with Gasteiger partial charge in [-0.05, 0) is 38.9 Å². The van der Waals surface area contributed by atoms with Gasteiger partial charge in [-0.15, -0.1) is 5.10 Å². The summed E-state index contributed by atoms with van der Waals surface area (Å²) < 4.78 is 32.2. The Morgan fingerprint density at radius 2 is 2.05 bits per heavy atom. The molecule has 3 N–H and O–H groups in total. The molecule has 0 aromatic carbocycles. The summed E-state index contributed by atoms with van der Waals surface area (Å²) in [5, 5.41) is 8.19. The van der Waals surface area contributed by atoms with Crippen molar-refractivity contribution >= 4 is 10.1 Å². The van der Waals surface area contributed by atoms with E-state index in [-0.39, 0.29) is 5.75 Å². The Labute approximate surface area is 132 Å². The topological polar surface area (TPSA) is 114 Å². The van der Waals surface area contributed by atoms with Gasteiger partial charge in [-0.3, -0.25) is 14.1 Å². The average molecular weight is 333 g/mol. The predicted molar refractivity (Wildman–Crippen MR) is 84.9 cm³/mol. The Morgan fingerprint density at radius 1 is 1.32 bits per heavy atom. The van der Waals surface area contributed by atoms with Crippen molar-refractivity contribution in [3.05, 3.63) is 11.9 Å². The molecule has 22 heavy (non-hydrogen) atoms. The highest BCUT2D eigenvalue weighted by Gasteiger charge is 2.11. The summed E-state index contributed by atoms with van der Waals surface area (Å²) in [6.07, 6.45) is 5.27. The Kier molecular flexibility index (Phi) is 8.54. The van der Waals surface area contributed by atoms with Gasteiger partial charge >= 0.3 is 0 Å². The number of unbranched alkanes of at least 4 members (excludes halogenated alkanes) is 1. The van der Waals surface area contributed by atoms with Crippen LogP contribution in [0.15, 0.2) is 6.20 Å². The molecule has 1 rings (SSSR count). The molecule has 0 saturated heterocycles. The lowest BCUT2D eigenvalue weighted by Crippen LogP contribution is -2.27. The molecule has 0 fully saturated rings. The maximum Gasteiger partial charge on any atom is 0.264 e. The van der Waals surface area contributed by atoms with E-state index in [0.29, 0.717) is 26.1 Å². The highest BCUT2D eigenvalue weighted by molar-refractivity contribution is 7.85. The van der Waals surface area contributed by atoms with Crippen molar-refractivity contribution in [2.45, 2.75) is 45.7 Å². The number of aromatic nitrogens is 3. The van der Waals surface area contributed by atoms with Gasteiger partial charge in [-0.2, -0.15) is 8.42 Å². The zero-order valence-electron chi connectivity index (χ0n) is 13.2. The van der Waals surface area contributed by atoms with Crippen LogP contribution in [0, 0.1) is 0 Å². The lowest BCUT2D eigenvalue weighted by atomic mass is 10.3. The molecule has 9 heteroatoms. The van der Waals surface area contributed by atoms with E-state index >= 15 is 0 Å². The van der Waals surface area contributed by atoms with Crippen LogP contribution in [-0.4, -0.2) is 58.3 Å². The normalized spacial score (nSPS) is 12.2. The van der Waals surface area contributed by atoms with E-state index in [0.717, 1.165) is 38.0 Å². The zero-order valence-corrected chi connectivity index (χ0v) is 14.0. The van der Waals surface area contributed by atoms with Crippen LogP contribution >= 0.6 is 0 Å². The molecular weight excluding hydrogens is 306 g/mol. The van der Waals surface area contributed by atoms with E-state index in [1.54, 1.807) is 4.68 Å². The summed E-state index contributed by atoms with van der Waals surface area (Å²) in [6.45, 7) is 5.59. The zero-order chi connectivity index (χ0) is 16.4. The fourth-order valence-corrected chi connectivity index (χ4v) is 2.62. The molecule has 0 aliphatic carbocycles. The molecule has 1 aromatic heterocycles. The molecule has 1 heterocycles. The van der Waals surface area contributed by atoms with Gasteiger partial charge in [0.1, 0.15) is 0 Å². The van der Waals surface area contributed by atoms with Gasteiger partial charge in [-0.1, -0.05) is 18.6 Å². The SMILES string of the molecule is CCCCN(CCCS(=O)(=O)O)Cc1cn(CCCN)nn1. The highest BCUT2D eigenvalue weighted by Crippen LogP contribution is 2.05. The second-order valence-electron chi connectivity index (χ2n) is 5.38. The molecule has 0 aliphatic heterocycles. The number of hydrogen-bond acceptors (Lipinski definition) is 6. The summed E-state index contributed by atoms with van der Waals surface area (Å²) in [4.78, 5) is 2.14. The molecule has 1 aromatic rings. The van der Waals surface area contributed by atoms with Crippen LogP contribution in [0.1, 0.15) is 38.3 Å². The first-order chi connectivity index (χ1) is 10.4. The quantitative estimate of drug-likeness (QED) is 0.535. The Morgan fingerprint density at radius 3 is 2.68 bits per heavy atom. The minimum Gasteiger partial charge on any atom is -0.330 e. The van der Waals surface area contributed by atoms with Crippen molar-refractivity contribution in [3.63, 3.8) is 0 Å². The molecule has 0 atom stereocenters. The summed E-state index contributed by atoms with van der Waals surface area (Å²) in [7, 11) is -3.89. The second-order valence-corrected chi connectivity index (χ2v) is 6.96. The standard InChI is InChI=1S/C13H27N5O3S/c1-2-3-7-17(8-5-10-22(19,20)21)11-13-12-18(16-15-13)9-4-6-14/h12H,2-11,14H2,1H3,(H,19,20,21). The largest absolute Gasteiger partial charge is 0.330 e. The van der Waals surface area contributed by atoms with Crippen molar-refractivity contribution in [1.29, 1.82) is 0 Å². The molecule has 0 spiro atoms.